The van der Waals surface area contributed by atoms with Crippen LogP contribution in [0.1, 0.15) is 6.92 Å². The molecule has 7 nitrogen and oxygen atoms in total. The molecule has 0 amide bonds. The molecule has 0 unspecified atom stereocenters. The summed E-state index contributed by atoms with van der Waals surface area (Å²) in [6.07, 6.45) is 0. The van der Waals surface area contributed by atoms with Crippen LogP contribution < -0.4 is 10.1 Å². The van der Waals surface area contributed by atoms with Gasteiger partial charge in [-0.15, -0.1) is 0 Å². The number of anilines is 1. The molecule has 0 radical (unpaired) electrons. The van der Waals surface area contributed by atoms with Gasteiger partial charge in [0.05, 0.1) is 18.9 Å². The van der Waals surface area contributed by atoms with Crippen LogP contribution in [-0.2, 0) is 19.1 Å². The van der Waals surface area contributed by atoms with E-state index in [1.165, 1.54) is 0 Å². The molecule has 0 aromatic heterocycles. The van der Waals surface area contributed by atoms with Crippen molar-refractivity contribution >= 4 is 17.4 Å². The van der Waals surface area contributed by atoms with Gasteiger partial charge in [0, 0.05) is 0 Å². The van der Waals surface area contributed by atoms with E-state index in [1.807, 2.05) is 0 Å². The van der Waals surface area contributed by atoms with Gasteiger partial charge in [-0.2, -0.15) is 0 Å². The van der Waals surface area contributed by atoms with Gasteiger partial charge >= 0.3 is 5.97 Å². The number of Topliss-reactive ketones (excluding diaryl/α,β-unsaturated/α-hetero) is 1. The second kappa shape index (κ2) is 7.46. The van der Waals surface area contributed by atoms with Crippen molar-refractivity contribution in [3.63, 3.8) is 0 Å². The summed E-state index contributed by atoms with van der Waals surface area (Å²) in [6.45, 7) is 1.61. The fourth-order valence-electron chi connectivity index (χ4n) is 1.89. The highest BCUT2D eigenvalue weighted by molar-refractivity contribution is 6.19. The van der Waals surface area contributed by atoms with Crippen LogP contribution in [-0.4, -0.2) is 43.3 Å². The number of esters is 1. The molecule has 1 aliphatic heterocycles. The normalized spacial score (nSPS) is 13.8. The van der Waals surface area contributed by atoms with E-state index < -0.39 is 11.8 Å². The number of carbonyl (C=O) groups excluding carboxylic acids is 2. The molecule has 22 heavy (non-hydrogen) atoms. The van der Waals surface area contributed by atoms with E-state index >= 15 is 0 Å². The van der Waals surface area contributed by atoms with Gasteiger partial charge in [0.25, 0.3) is 0 Å². The fourth-order valence-corrected chi connectivity index (χ4v) is 1.89. The smallest absolute Gasteiger partial charge is 0.347 e. The van der Waals surface area contributed by atoms with E-state index in [2.05, 4.69) is 5.32 Å². The molecule has 1 heterocycles. The largest absolute Gasteiger partial charge is 0.489 e. The zero-order chi connectivity index (χ0) is 15.9. The Labute approximate surface area is 127 Å². The van der Waals surface area contributed by atoms with E-state index in [9.17, 15) is 9.59 Å². The maximum Gasteiger partial charge on any atom is 0.347 e. The molecule has 0 bridgehead atoms. The molecular formula is C15H17NO6. The second-order valence-corrected chi connectivity index (χ2v) is 4.33. The predicted octanol–water partition coefficient (Wildman–Crippen LogP) is 0.844. The summed E-state index contributed by atoms with van der Waals surface area (Å²) >= 11 is 0. The van der Waals surface area contributed by atoms with Crippen molar-refractivity contribution in [2.75, 3.05) is 31.7 Å². The molecule has 2 rings (SSSR count). The Bertz CT molecular complexity index is 595. The Kier molecular flexibility index (Phi) is 5.37. The van der Waals surface area contributed by atoms with E-state index in [0.717, 1.165) is 0 Å². The van der Waals surface area contributed by atoms with Crippen LogP contribution in [0, 0.1) is 0 Å². The molecule has 0 saturated heterocycles. The predicted molar refractivity (Wildman–Crippen MR) is 77.3 cm³/mol. The summed E-state index contributed by atoms with van der Waals surface area (Å²) in [5.74, 6) is -0.644. The molecule has 1 aromatic carbocycles. The molecule has 118 valence electrons. The Morgan fingerprint density at radius 3 is 2.91 bits per heavy atom. The summed E-state index contributed by atoms with van der Waals surface area (Å²) in [5.41, 5.74) is 0.376. The van der Waals surface area contributed by atoms with Crippen molar-refractivity contribution < 1.29 is 28.9 Å². The Morgan fingerprint density at radius 2 is 2.18 bits per heavy atom. The molecule has 2 N–H and O–H groups in total. The SMILES string of the molecule is CCOC(=O)C1=C(Nc2ccccc2OCCO)OCC1=O. The van der Waals surface area contributed by atoms with E-state index in [0.29, 0.717) is 11.4 Å². The lowest BCUT2D eigenvalue weighted by Gasteiger charge is -2.13. The number of nitrogens with one attached hydrogen (secondary N) is 1. The first-order chi connectivity index (χ1) is 10.7. The van der Waals surface area contributed by atoms with Crippen LogP contribution in [0.4, 0.5) is 5.69 Å². The zero-order valence-corrected chi connectivity index (χ0v) is 12.1. The standard InChI is InChI=1S/C15H17NO6/c1-2-20-15(19)13-11(18)9-22-14(13)16-10-5-3-4-6-12(10)21-8-7-17/h3-6,16-17H,2,7-9H2,1H3. The highest BCUT2D eigenvalue weighted by Crippen LogP contribution is 2.28. The first kappa shape index (κ1) is 15.8. The van der Waals surface area contributed by atoms with E-state index in [4.69, 9.17) is 19.3 Å². The van der Waals surface area contributed by atoms with Gasteiger partial charge < -0.3 is 24.6 Å². The number of ketones is 1. The highest BCUT2D eigenvalue weighted by Gasteiger charge is 2.32. The maximum atomic E-state index is 11.8. The van der Waals surface area contributed by atoms with Crippen molar-refractivity contribution in [1.82, 2.24) is 0 Å². The van der Waals surface area contributed by atoms with Gasteiger partial charge in [0.2, 0.25) is 11.7 Å². The number of carbonyl (C=O) groups is 2. The van der Waals surface area contributed by atoms with Crippen molar-refractivity contribution in [2.45, 2.75) is 6.92 Å². The lowest BCUT2D eigenvalue weighted by Crippen LogP contribution is -2.16. The molecule has 0 aliphatic carbocycles. The molecule has 1 aliphatic rings. The third-order valence-corrected chi connectivity index (χ3v) is 2.82. The van der Waals surface area contributed by atoms with Crippen molar-refractivity contribution in [1.29, 1.82) is 0 Å². The van der Waals surface area contributed by atoms with Gasteiger partial charge in [-0.1, -0.05) is 12.1 Å². The quantitative estimate of drug-likeness (QED) is 0.569. The number of para-hydroxylation sites is 2. The molecular weight excluding hydrogens is 290 g/mol. The minimum atomic E-state index is -0.721. The number of hydrogen-bond acceptors (Lipinski definition) is 7. The zero-order valence-electron chi connectivity index (χ0n) is 12.1. The van der Waals surface area contributed by atoms with Crippen molar-refractivity contribution in [2.24, 2.45) is 0 Å². The molecule has 7 heteroatoms. The fraction of sp³-hybridized carbons (Fsp3) is 0.333. The molecule has 1 aromatic rings. The first-order valence-corrected chi connectivity index (χ1v) is 6.84. The van der Waals surface area contributed by atoms with Crippen molar-refractivity contribution in [3.8, 4) is 5.75 Å². The van der Waals surface area contributed by atoms with Crippen LogP contribution in [0.2, 0.25) is 0 Å². The maximum absolute atomic E-state index is 11.8. The van der Waals surface area contributed by atoms with Gasteiger partial charge in [0.15, 0.2) is 12.2 Å². The average molecular weight is 307 g/mol. The molecule has 0 spiro atoms. The number of benzene rings is 1. The van der Waals surface area contributed by atoms with Crippen molar-refractivity contribution in [3.05, 3.63) is 35.7 Å². The minimum Gasteiger partial charge on any atom is -0.489 e. The lowest BCUT2D eigenvalue weighted by molar-refractivity contribution is -0.139. The number of aliphatic hydroxyl groups is 1. The molecule has 0 saturated carbocycles. The van der Waals surface area contributed by atoms with E-state index in [1.54, 1.807) is 31.2 Å². The third-order valence-electron chi connectivity index (χ3n) is 2.82. The Morgan fingerprint density at radius 1 is 1.41 bits per heavy atom. The number of aliphatic hydroxyl groups excluding tert-OH is 1. The van der Waals surface area contributed by atoms with Gasteiger partial charge in [-0.3, -0.25) is 4.79 Å². The number of ether oxygens (including phenoxy) is 3. The number of rotatable bonds is 7. The topological polar surface area (TPSA) is 94.1 Å². The molecule has 0 atom stereocenters. The summed E-state index contributed by atoms with van der Waals surface area (Å²) in [6, 6.07) is 6.92. The van der Waals surface area contributed by atoms with Gasteiger partial charge in [0.1, 0.15) is 12.4 Å². The summed E-state index contributed by atoms with van der Waals surface area (Å²) in [7, 11) is 0. The van der Waals surface area contributed by atoms with Crippen LogP contribution in [0.3, 0.4) is 0 Å². The summed E-state index contributed by atoms with van der Waals surface area (Å²) in [4.78, 5) is 23.6. The molecule has 0 fully saturated rings. The Balaban J connectivity index is 2.24. The summed E-state index contributed by atoms with van der Waals surface area (Å²) in [5, 5.41) is 11.7. The highest BCUT2D eigenvalue weighted by atomic mass is 16.5. The Hall–Kier alpha value is -2.54. The van der Waals surface area contributed by atoms with Gasteiger partial charge in [-0.25, -0.2) is 4.79 Å². The monoisotopic (exact) mass is 307 g/mol. The third kappa shape index (κ3) is 3.56. The van der Waals surface area contributed by atoms with E-state index in [-0.39, 0.29) is 37.9 Å². The van der Waals surface area contributed by atoms with Crippen LogP contribution in [0.5, 0.6) is 5.75 Å². The van der Waals surface area contributed by atoms with Gasteiger partial charge in [-0.05, 0) is 19.1 Å². The van der Waals surface area contributed by atoms with Crippen LogP contribution >= 0.6 is 0 Å². The average Bonchev–Trinajstić information content (AvgIpc) is 2.87. The number of hydrogen-bond donors (Lipinski definition) is 2. The summed E-state index contributed by atoms with van der Waals surface area (Å²) < 4.78 is 15.5. The minimum absolute atomic E-state index is 0.0449. The lowest BCUT2D eigenvalue weighted by atomic mass is 10.2. The van der Waals surface area contributed by atoms with Crippen LogP contribution in [0.15, 0.2) is 35.7 Å². The second-order valence-electron chi connectivity index (χ2n) is 4.33. The first-order valence-electron chi connectivity index (χ1n) is 6.84. The van der Waals surface area contributed by atoms with Crippen LogP contribution in [0.25, 0.3) is 0 Å².